The summed E-state index contributed by atoms with van der Waals surface area (Å²) in [5, 5.41) is 4.81. The molecule has 2 aliphatic heterocycles. The fraction of sp³-hybridized carbons (Fsp3) is 0.680. The summed E-state index contributed by atoms with van der Waals surface area (Å²) in [6, 6.07) is 0.521. The Morgan fingerprint density at radius 1 is 1.22 bits per heavy atom. The molecule has 2 aliphatic carbocycles. The highest BCUT2D eigenvalue weighted by atomic mass is 32.2. The van der Waals surface area contributed by atoms with Crippen LogP contribution in [0.15, 0.2) is 46.7 Å². The Labute approximate surface area is 170 Å². The van der Waals surface area contributed by atoms with E-state index in [4.69, 9.17) is 0 Å². The van der Waals surface area contributed by atoms with Crippen LogP contribution in [-0.4, -0.2) is 17.0 Å². The van der Waals surface area contributed by atoms with E-state index in [2.05, 4.69) is 69.1 Å². The van der Waals surface area contributed by atoms with Gasteiger partial charge < -0.3 is 5.32 Å². The van der Waals surface area contributed by atoms with Crippen molar-refractivity contribution in [2.24, 2.45) is 17.3 Å². The van der Waals surface area contributed by atoms with Crippen LogP contribution in [0.1, 0.15) is 72.6 Å². The van der Waals surface area contributed by atoms with Gasteiger partial charge in [-0.2, -0.15) is 11.8 Å². The largest absolute Gasteiger partial charge is 0.381 e. The normalized spacial score (nSPS) is 36.4. The number of nitrogens with one attached hydrogen (secondary N) is 1. The maximum Gasteiger partial charge on any atom is 0.0390 e. The fourth-order valence-corrected chi connectivity index (χ4v) is 7.39. The van der Waals surface area contributed by atoms with E-state index >= 15 is 0 Å². The van der Waals surface area contributed by atoms with Gasteiger partial charge in [0.2, 0.25) is 0 Å². The Hall–Kier alpha value is -0.890. The third-order valence-corrected chi connectivity index (χ3v) is 8.81. The molecule has 1 N–H and O–H groups in total. The van der Waals surface area contributed by atoms with Crippen LogP contribution in [0.3, 0.4) is 0 Å². The van der Waals surface area contributed by atoms with Gasteiger partial charge in [-0.05, 0) is 61.7 Å². The Kier molecular flexibility index (Phi) is 5.65. The average molecular weight is 384 g/mol. The predicted molar refractivity (Wildman–Crippen MR) is 120 cm³/mol. The van der Waals surface area contributed by atoms with Crippen LogP contribution in [0.2, 0.25) is 0 Å². The standard InChI is InChI=1S/C25H37NS/c1-5-13-25(4)21-15-18-16-27-23-10-8-6-7-9-20(23)19(18)11-12-22(21)26-24(25)14-17(2)3/h5,11-13,17,20,23-24,26H,6-10,14-16H2,1-4H3/b13-5-/t20?,23?,24?,25-/m0/s1. The van der Waals surface area contributed by atoms with Gasteiger partial charge in [-0.3, -0.25) is 0 Å². The third-order valence-electron chi connectivity index (χ3n) is 7.30. The van der Waals surface area contributed by atoms with Crippen LogP contribution < -0.4 is 5.32 Å². The lowest BCUT2D eigenvalue weighted by Crippen LogP contribution is -2.37. The predicted octanol–water partition coefficient (Wildman–Crippen LogP) is 6.79. The molecule has 0 saturated heterocycles. The maximum absolute atomic E-state index is 3.94. The topological polar surface area (TPSA) is 12.0 Å². The lowest BCUT2D eigenvalue weighted by molar-refractivity contribution is 0.330. The zero-order valence-electron chi connectivity index (χ0n) is 17.7. The summed E-state index contributed by atoms with van der Waals surface area (Å²) >= 11 is 2.26. The number of allylic oxidation sites excluding steroid dienone is 4. The molecule has 0 aromatic carbocycles. The molecule has 0 bridgehead atoms. The number of fused-ring (bicyclic) bond motifs is 2. The van der Waals surface area contributed by atoms with Crippen LogP contribution in [0.4, 0.5) is 0 Å². The van der Waals surface area contributed by atoms with Crippen molar-refractivity contribution in [3.05, 3.63) is 46.7 Å². The molecule has 27 heavy (non-hydrogen) atoms. The van der Waals surface area contributed by atoms with Gasteiger partial charge in [-0.1, -0.05) is 63.8 Å². The number of rotatable bonds is 3. The van der Waals surface area contributed by atoms with Crippen LogP contribution in [0.5, 0.6) is 0 Å². The first-order valence-corrected chi connectivity index (χ1v) is 12.2. The minimum atomic E-state index is 0.145. The van der Waals surface area contributed by atoms with Gasteiger partial charge >= 0.3 is 0 Å². The molecule has 0 aromatic rings. The van der Waals surface area contributed by atoms with Crippen molar-refractivity contribution in [3.8, 4) is 0 Å². The van der Waals surface area contributed by atoms with E-state index < -0.39 is 0 Å². The molecule has 1 nitrogen and oxygen atoms in total. The van der Waals surface area contributed by atoms with Gasteiger partial charge in [0.25, 0.3) is 0 Å². The Morgan fingerprint density at radius 2 is 2.04 bits per heavy atom. The molecule has 148 valence electrons. The van der Waals surface area contributed by atoms with Crippen molar-refractivity contribution in [1.82, 2.24) is 5.32 Å². The highest BCUT2D eigenvalue weighted by Crippen LogP contribution is 2.51. The molecule has 0 aromatic heterocycles. The summed E-state index contributed by atoms with van der Waals surface area (Å²) in [6.07, 6.45) is 19.2. The summed E-state index contributed by atoms with van der Waals surface area (Å²) < 4.78 is 0. The smallest absolute Gasteiger partial charge is 0.0390 e. The van der Waals surface area contributed by atoms with Gasteiger partial charge in [0.15, 0.2) is 0 Å². The van der Waals surface area contributed by atoms with Crippen molar-refractivity contribution in [1.29, 1.82) is 0 Å². The molecule has 0 spiro atoms. The monoisotopic (exact) mass is 383 g/mol. The molecule has 0 amide bonds. The first-order valence-electron chi connectivity index (χ1n) is 11.2. The summed E-state index contributed by atoms with van der Waals surface area (Å²) in [5.41, 5.74) is 6.64. The highest BCUT2D eigenvalue weighted by molar-refractivity contribution is 8.00. The average Bonchev–Trinajstić information content (AvgIpc) is 2.85. The molecular weight excluding hydrogens is 346 g/mol. The molecule has 3 unspecified atom stereocenters. The van der Waals surface area contributed by atoms with E-state index in [0.29, 0.717) is 12.0 Å². The fourth-order valence-electron chi connectivity index (χ4n) is 5.86. The van der Waals surface area contributed by atoms with Crippen molar-refractivity contribution >= 4 is 11.8 Å². The van der Waals surface area contributed by atoms with E-state index in [1.165, 1.54) is 56.4 Å². The van der Waals surface area contributed by atoms with Crippen LogP contribution in [0, 0.1) is 17.3 Å². The van der Waals surface area contributed by atoms with E-state index in [-0.39, 0.29) is 5.41 Å². The molecule has 4 aliphatic rings. The molecular formula is C25H37NS. The molecule has 2 heteroatoms. The lowest BCUT2D eigenvalue weighted by Gasteiger charge is -2.36. The number of hydrogen-bond acceptors (Lipinski definition) is 2. The van der Waals surface area contributed by atoms with Gasteiger partial charge in [0.05, 0.1) is 0 Å². The Morgan fingerprint density at radius 3 is 2.81 bits per heavy atom. The van der Waals surface area contributed by atoms with Gasteiger partial charge in [0.1, 0.15) is 0 Å². The van der Waals surface area contributed by atoms with E-state index in [1.54, 1.807) is 16.7 Å². The molecule has 0 radical (unpaired) electrons. The number of thioether (sulfide) groups is 1. The summed E-state index contributed by atoms with van der Waals surface area (Å²) in [6.45, 7) is 9.35. The Bertz CT molecular complexity index is 695. The molecule has 2 heterocycles. The van der Waals surface area contributed by atoms with Crippen LogP contribution in [-0.2, 0) is 0 Å². The Balaban J connectivity index is 1.66. The molecule has 4 rings (SSSR count). The van der Waals surface area contributed by atoms with Crippen molar-refractivity contribution in [2.45, 2.75) is 83.9 Å². The summed E-state index contributed by atoms with van der Waals surface area (Å²) in [7, 11) is 0. The van der Waals surface area contributed by atoms with Gasteiger partial charge in [0, 0.05) is 28.2 Å². The second-order valence-electron chi connectivity index (χ2n) is 9.66. The van der Waals surface area contributed by atoms with Gasteiger partial charge in [-0.15, -0.1) is 0 Å². The minimum absolute atomic E-state index is 0.145. The zero-order valence-corrected chi connectivity index (χ0v) is 18.5. The first-order chi connectivity index (χ1) is 13.0. The van der Waals surface area contributed by atoms with Crippen LogP contribution in [0.25, 0.3) is 0 Å². The summed E-state index contributed by atoms with van der Waals surface area (Å²) in [4.78, 5) is 0. The van der Waals surface area contributed by atoms with Crippen molar-refractivity contribution in [3.63, 3.8) is 0 Å². The van der Waals surface area contributed by atoms with Gasteiger partial charge in [-0.25, -0.2) is 0 Å². The van der Waals surface area contributed by atoms with Crippen molar-refractivity contribution < 1.29 is 0 Å². The van der Waals surface area contributed by atoms with Crippen LogP contribution >= 0.6 is 11.8 Å². The van der Waals surface area contributed by atoms with Crippen molar-refractivity contribution in [2.75, 3.05) is 5.75 Å². The number of hydrogen-bond donors (Lipinski definition) is 1. The van der Waals surface area contributed by atoms with E-state index in [0.717, 1.165) is 11.2 Å². The highest BCUT2D eigenvalue weighted by Gasteiger charge is 2.44. The summed E-state index contributed by atoms with van der Waals surface area (Å²) in [5.74, 6) is 2.77. The first kappa shape index (κ1) is 19.4. The molecule has 1 fully saturated rings. The maximum atomic E-state index is 3.94. The van der Waals surface area contributed by atoms with E-state index in [1.807, 2.05) is 0 Å². The minimum Gasteiger partial charge on any atom is -0.381 e. The third kappa shape index (κ3) is 3.59. The lowest BCUT2D eigenvalue weighted by atomic mass is 9.72. The zero-order chi connectivity index (χ0) is 19.0. The second-order valence-corrected chi connectivity index (χ2v) is 10.9. The quantitative estimate of drug-likeness (QED) is 0.538. The second kappa shape index (κ2) is 7.85. The molecule has 1 saturated carbocycles. The van der Waals surface area contributed by atoms with E-state index in [9.17, 15) is 0 Å². The SMILES string of the molecule is C/C=C\[C@@]1(C)C2=C(C=CC3=C(CSC4CCCCCC34)C2)NC1CC(C)C. The molecule has 4 atom stereocenters.